The van der Waals surface area contributed by atoms with Gasteiger partial charge in [-0.2, -0.15) is 0 Å². The first kappa shape index (κ1) is 21.3. The Morgan fingerprint density at radius 3 is 2.40 bits per heavy atom. The van der Waals surface area contributed by atoms with E-state index in [0.717, 1.165) is 41.7 Å². The molecule has 25 heavy (non-hydrogen) atoms. The van der Waals surface area contributed by atoms with Crippen LogP contribution in [0.3, 0.4) is 0 Å². The Hall–Kier alpha value is -1.78. The van der Waals surface area contributed by atoms with Gasteiger partial charge in [-0.1, -0.05) is 38.1 Å². The van der Waals surface area contributed by atoms with Gasteiger partial charge in [-0.05, 0) is 48.0 Å². The molecule has 0 aromatic heterocycles. The molecule has 2 rings (SSSR count). The third-order valence-corrected chi connectivity index (χ3v) is 4.29. The number of carbonyl (C=O) groups excluding carboxylic acids is 1. The molecule has 0 bridgehead atoms. The minimum atomic E-state index is -0.128. The van der Waals surface area contributed by atoms with Crippen LogP contribution in [0.2, 0.25) is 0 Å². The second kappa shape index (κ2) is 11.0. The van der Waals surface area contributed by atoms with E-state index in [1.807, 2.05) is 18.2 Å². The highest BCUT2D eigenvalue weighted by atomic mass is 35.5. The van der Waals surface area contributed by atoms with Crippen molar-refractivity contribution in [3.05, 3.63) is 42.0 Å². The van der Waals surface area contributed by atoms with Crippen molar-refractivity contribution in [1.29, 1.82) is 0 Å². The van der Waals surface area contributed by atoms with E-state index in [1.165, 1.54) is 0 Å². The van der Waals surface area contributed by atoms with E-state index in [9.17, 15) is 4.79 Å². The van der Waals surface area contributed by atoms with Crippen molar-refractivity contribution in [2.24, 2.45) is 0 Å². The van der Waals surface area contributed by atoms with Crippen LogP contribution in [0.1, 0.15) is 25.8 Å². The highest BCUT2D eigenvalue weighted by Crippen LogP contribution is 2.22. The lowest BCUT2D eigenvalue weighted by Crippen LogP contribution is -2.27. The summed E-state index contributed by atoms with van der Waals surface area (Å²) < 4.78 is 10.6. The Morgan fingerprint density at radius 2 is 1.72 bits per heavy atom. The molecule has 0 aliphatic rings. The number of benzene rings is 2. The van der Waals surface area contributed by atoms with Gasteiger partial charge < -0.3 is 14.4 Å². The van der Waals surface area contributed by atoms with Gasteiger partial charge in [0.1, 0.15) is 12.4 Å². The quantitative estimate of drug-likeness (QED) is 0.627. The van der Waals surface area contributed by atoms with Gasteiger partial charge in [0.05, 0.1) is 7.11 Å². The molecule has 0 heterocycles. The largest absolute Gasteiger partial charge is 0.497 e. The van der Waals surface area contributed by atoms with Crippen molar-refractivity contribution in [2.45, 2.75) is 26.7 Å². The van der Waals surface area contributed by atoms with Gasteiger partial charge in [-0.3, -0.25) is 4.79 Å². The first-order chi connectivity index (χ1) is 11.7. The summed E-state index contributed by atoms with van der Waals surface area (Å²) in [4.78, 5) is 14.1. The fraction of sp³-hybridized carbons (Fsp3) is 0.450. The van der Waals surface area contributed by atoms with E-state index in [0.29, 0.717) is 19.4 Å². The smallest absolute Gasteiger partial charge is 0.306 e. The first-order valence-electron chi connectivity index (χ1n) is 8.61. The number of nitrogens with zero attached hydrogens (tertiary/aromatic N) is 1. The maximum atomic E-state index is 11.9. The summed E-state index contributed by atoms with van der Waals surface area (Å²) in [6.45, 7) is 7.46. The van der Waals surface area contributed by atoms with E-state index in [4.69, 9.17) is 9.47 Å². The van der Waals surface area contributed by atoms with Crippen LogP contribution in [0.4, 0.5) is 0 Å². The summed E-state index contributed by atoms with van der Waals surface area (Å²) in [6.07, 6.45) is 1.12. The second-order valence-electron chi connectivity index (χ2n) is 5.79. The number of methoxy groups -OCH3 is 1. The van der Waals surface area contributed by atoms with Crippen molar-refractivity contribution in [3.63, 3.8) is 0 Å². The lowest BCUT2D eigenvalue weighted by Gasteiger charge is -2.17. The molecule has 0 aliphatic carbocycles. The van der Waals surface area contributed by atoms with Crippen LogP contribution in [0.15, 0.2) is 36.4 Å². The normalized spacial score (nSPS) is 10.6. The van der Waals surface area contributed by atoms with Crippen molar-refractivity contribution in [3.8, 4) is 5.75 Å². The van der Waals surface area contributed by atoms with E-state index in [1.54, 1.807) is 7.11 Å². The minimum absolute atomic E-state index is 0. The van der Waals surface area contributed by atoms with Crippen molar-refractivity contribution in [1.82, 2.24) is 4.90 Å². The molecule has 0 atom stereocenters. The van der Waals surface area contributed by atoms with Crippen LogP contribution in [0.25, 0.3) is 10.8 Å². The number of ether oxygens (including phenoxy) is 2. The molecule has 4 nitrogen and oxygen atoms in total. The molecular formula is C20H28ClNO3. The maximum Gasteiger partial charge on any atom is 0.306 e. The molecule has 2 aromatic carbocycles. The third-order valence-electron chi connectivity index (χ3n) is 4.29. The fourth-order valence-corrected chi connectivity index (χ4v) is 2.70. The average molecular weight is 366 g/mol. The predicted octanol–water partition coefficient (Wildman–Crippen LogP) is 4.09. The minimum Gasteiger partial charge on any atom is -0.497 e. The summed E-state index contributed by atoms with van der Waals surface area (Å²) in [5, 5.41) is 2.29. The van der Waals surface area contributed by atoms with Crippen LogP contribution in [-0.4, -0.2) is 44.2 Å². The van der Waals surface area contributed by atoms with Gasteiger partial charge in [0, 0.05) is 13.0 Å². The van der Waals surface area contributed by atoms with Gasteiger partial charge in [-0.15, -0.1) is 12.4 Å². The van der Waals surface area contributed by atoms with Crippen molar-refractivity contribution in [2.75, 3.05) is 33.4 Å². The molecule has 0 fully saturated rings. The Bertz CT molecular complexity index is 671. The van der Waals surface area contributed by atoms with E-state index >= 15 is 0 Å². The Balaban J connectivity index is 0.00000312. The predicted molar refractivity (Wildman–Crippen MR) is 105 cm³/mol. The lowest BCUT2D eigenvalue weighted by atomic mass is 10.0. The topological polar surface area (TPSA) is 38.8 Å². The molecule has 0 saturated carbocycles. The van der Waals surface area contributed by atoms with Gasteiger partial charge in [0.15, 0.2) is 0 Å². The number of carbonyl (C=O) groups is 1. The second-order valence-corrected chi connectivity index (χ2v) is 5.79. The zero-order valence-electron chi connectivity index (χ0n) is 15.3. The molecule has 0 radical (unpaired) electrons. The van der Waals surface area contributed by atoms with Crippen LogP contribution in [0.5, 0.6) is 5.75 Å². The molecule has 0 saturated heterocycles. The van der Waals surface area contributed by atoms with E-state index in [-0.39, 0.29) is 18.4 Å². The number of likely N-dealkylation sites (N-methyl/N-ethyl adjacent to an activating group) is 1. The van der Waals surface area contributed by atoms with E-state index < -0.39 is 0 Å². The molecule has 5 heteroatoms. The Labute approximate surface area is 156 Å². The van der Waals surface area contributed by atoms with Crippen molar-refractivity contribution >= 4 is 29.1 Å². The van der Waals surface area contributed by atoms with Gasteiger partial charge >= 0.3 is 5.97 Å². The number of esters is 1. The maximum absolute atomic E-state index is 11.9. The van der Waals surface area contributed by atoms with E-state index in [2.05, 4.69) is 36.9 Å². The number of rotatable bonds is 9. The lowest BCUT2D eigenvalue weighted by molar-refractivity contribution is -0.144. The molecule has 0 amide bonds. The SMILES string of the molecule is CCN(CC)CCOC(=O)CCc1ccc2cc(OC)ccc2c1.Cl. The van der Waals surface area contributed by atoms with Gasteiger partial charge in [0.25, 0.3) is 0 Å². The Morgan fingerprint density at radius 1 is 1.04 bits per heavy atom. The number of fused-ring (bicyclic) bond motifs is 1. The zero-order chi connectivity index (χ0) is 17.4. The van der Waals surface area contributed by atoms with Gasteiger partial charge in [-0.25, -0.2) is 0 Å². The highest BCUT2D eigenvalue weighted by Gasteiger charge is 2.06. The number of halogens is 1. The molecule has 138 valence electrons. The first-order valence-corrected chi connectivity index (χ1v) is 8.61. The summed E-state index contributed by atoms with van der Waals surface area (Å²) in [7, 11) is 1.67. The zero-order valence-corrected chi connectivity index (χ0v) is 16.1. The number of aryl methyl sites for hydroxylation is 1. The molecule has 2 aromatic rings. The van der Waals surface area contributed by atoms with Crippen molar-refractivity contribution < 1.29 is 14.3 Å². The van der Waals surface area contributed by atoms with Crippen LogP contribution >= 0.6 is 12.4 Å². The molecule has 0 aliphatic heterocycles. The molecule has 0 unspecified atom stereocenters. The van der Waals surface area contributed by atoms with Crippen LogP contribution in [0, 0.1) is 0 Å². The van der Waals surface area contributed by atoms with Crippen LogP contribution < -0.4 is 4.74 Å². The summed E-state index contributed by atoms with van der Waals surface area (Å²) in [5.74, 6) is 0.726. The monoisotopic (exact) mass is 365 g/mol. The van der Waals surface area contributed by atoms with Crippen LogP contribution in [-0.2, 0) is 16.0 Å². The van der Waals surface area contributed by atoms with Gasteiger partial charge in [0.2, 0.25) is 0 Å². The molecule has 0 spiro atoms. The number of hydrogen-bond acceptors (Lipinski definition) is 4. The average Bonchev–Trinajstić information content (AvgIpc) is 2.63. The standard InChI is InChI=1S/C20H27NO3.ClH/c1-4-21(5-2)12-13-24-20(22)11-7-16-6-8-18-15-19(23-3)10-9-17(18)14-16;/h6,8-10,14-15H,4-5,7,11-13H2,1-3H3;1H. The highest BCUT2D eigenvalue weighted by molar-refractivity contribution is 5.85. The summed E-state index contributed by atoms with van der Waals surface area (Å²) in [5.41, 5.74) is 1.15. The Kier molecular flexibility index (Phi) is 9.32. The summed E-state index contributed by atoms with van der Waals surface area (Å²) >= 11 is 0. The molecular weight excluding hydrogens is 338 g/mol. The third kappa shape index (κ3) is 6.56. The fourth-order valence-electron chi connectivity index (χ4n) is 2.70. The number of hydrogen-bond donors (Lipinski definition) is 0. The molecule has 0 N–H and O–H groups in total. The summed E-state index contributed by atoms with van der Waals surface area (Å²) in [6, 6.07) is 12.3.